The van der Waals surface area contributed by atoms with Gasteiger partial charge in [-0.1, -0.05) is 36.3 Å². The van der Waals surface area contributed by atoms with Crippen molar-refractivity contribution >= 4 is 57.9 Å². The van der Waals surface area contributed by atoms with Crippen LogP contribution in [-0.4, -0.2) is 64.6 Å². The SMILES string of the molecule is C#CCOc1nc(Nc2cc(NC(=O)[C@@H](Cc3ccccc3)NB(C)O)cc(NC(=O)N3CCCC3)c2)ncc1Br. The first-order valence-corrected chi connectivity index (χ1v) is 14.0. The second kappa shape index (κ2) is 14.5. The number of amides is 3. The zero-order valence-corrected chi connectivity index (χ0v) is 24.1. The maximum atomic E-state index is 13.4. The van der Waals surface area contributed by atoms with Crippen LogP contribution in [0.5, 0.6) is 5.88 Å². The Balaban J connectivity index is 1.59. The number of hydrogen-bond donors (Lipinski definition) is 5. The fourth-order valence-electron chi connectivity index (χ4n) is 4.32. The Morgan fingerprint density at radius 2 is 1.83 bits per heavy atom. The lowest BCUT2D eigenvalue weighted by atomic mass is 9.86. The number of urea groups is 1. The molecule has 4 rings (SSSR count). The lowest BCUT2D eigenvalue weighted by Gasteiger charge is -2.21. The topological polar surface area (TPSA) is 141 Å². The van der Waals surface area contributed by atoms with E-state index in [0.717, 1.165) is 18.4 Å². The van der Waals surface area contributed by atoms with Crippen LogP contribution in [0.25, 0.3) is 0 Å². The van der Waals surface area contributed by atoms with Gasteiger partial charge in [0.05, 0.1) is 16.7 Å². The van der Waals surface area contributed by atoms with E-state index in [-0.39, 0.29) is 30.4 Å². The zero-order valence-electron chi connectivity index (χ0n) is 22.6. The quantitative estimate of drug-likeness (QED) is 0.161. The molecule has 0 unspecified atom stereocenters. The molecule has 212 valence electrons. The van der Waals surface area contributed by atoms with Crippen LogP contribution in [0.15, 0.2) is 59.2 Å². The molecule has 1 aliphatic heterocycles. The predicted molar refractivity (Wildman–Crippen MR) is 163 cm³/mol. The third-order valence-corrected chi connectivity index (χ3v) is 6.69. The minimum absolute atomic E-state index is 0.0356. The number of likely N-dealkylation sites (tertiary alicyclic amines) is 1. The molecule has 0 radical (unpaired) electrons. The molecular formula is C28H31BBrN7O4. The minimum atomic E-state index is -0.904. The maximum Gasteiger partial charge on any atom is 0.374 e. The molecule has 11 nitrogen and oxygen atoms in total. The number of terminal acetylenes is 1. The molecule has 0 saturated carbocycles. The molecule has 3 aromatic rings. The van der Waals surface area contributed by atoms with E-state index in [2.05, 4.69) is 53.0 Å². The summed E-state index contributed by atoms with van der Waals surface area (Å²) in [4.78, 5) is 36.6. The van der Waals surface area contributed by atoms with Crippen molar-refractivity contribution in [3.8, 4) is 18.2 Å². The average molecular weight is 620 g/mol. The summed E-state index contributed by atoms with van der Waals surface area (Å²) in [6, 6.07) is 13.7. The first-order valence-electron chi connectivity index (χ1n) is 13.2. The van der Waals surface area contributed by atoms with Crippen molar-refractivity contribution in [3.63, 3.8) is 0 Å². The summed E-state index contributed by atoms with van der Waals surface area (Å²) >= 11 is 3.34. The Kier molecular flexibility index (Phi) is 10.6. The lowest BCUT2D eigenvalue weighted by molar-refractivity contribution is -0.117. The summed E-state index contributed by atoms with van der Waals surface area (Å²) in [5.74, 6) is 2.53. The Morgan fingerprint density at radius 3 is 2.51 bits per heavy atom. The minimum Gasteiger partial charge on any atom is -0.464 e. The maximum absolute atomic E-state index is 13.4. The van der Waals surface area contributed by atoms with Gasteiger partial charge in [-0.05, 0) is 65.8 Å². The summed E-state index contributed by atoms with van der Waals surface area (Å²) in [7, 11) is -0.904. The third kappa shape index (κ3) is 8.94. The van der Waals surface area contributed by atoms with Crippen molar-refractivity contribution in [2.45, 2.75) is 32.1 Å². The molecule has 1 fully saturated rings. The summed E-state index contributed by atoms with van der Waals surface area (Å²) in [5.41, 5.74) is 2.33. The highest BCUT2D eigenvalue weighted by molar-refractivity contribution is 9.10. The van der Waals surface area contributed by atoms with Crippen molar-refractivity contribution < 1.29 is 19.3 Å². The molecule has 5 N–H and O–H groups in total. The van der Waals surface area contributed by atoms with Crippen LogP contribution in [0, 0.1) is 12.3 Å². The number of ether oxygens (including phenoxy) is 1. The van der Waals surface area contributed by atoms with Crippen LogP contribution in [0.4, 0.5) is 27.8 Å². The predicted octanol–water partition coefficient (Wildman–Crippen LogP) is 3.87. The first kappa shape index (κ1) is 29.9. The highest BCUT2D eigenvalue weighted by Crippen LogP contribution is 2.28. The van der Waals surface area contributed by atoms with Gasteiger partial charge in [0, 0.05) is 30.2 Å². The molecule has 0 spiro atoms. The van der Waals surface area contributed by atoms with E-state index in [1.54, 1.807) is 29.9 Å². The van der Waals surface area contributed by atoms with Gasteiger partial charge in [0.1, 0.15) is 0 Å². The summed E-state index contributed by atoms with van der Waals surface area (Å²) in [5, 5.41) is 21.8. The van der Waals surface area contributed by atoms with E-state index in [1.807, 2.05) is 30.3 Å². The van der Waals surface area contributed by atoms with Gasteiger partial charge in [-0.2, -0.15) is 4.98 Å². The monoisotopic (exact) mass is 619 g/mol. The van der Waals surface area contributed by atoms with Crippen LogP contribution >= 0.6 is 15.9 Å². The zero-order chi connectivity index (χ0) is 29.2. The van der Waals surface area contributed by atoms with Crippen molar-refractivity contribution in [2.24, 2.45) is 0 Å². The van der Waals surface area contributed by atoms with Gasteiger partial charge < -0.3 is 35.8 Å². The number of aromatic nitrogens is 2. The highest BCUT2D eigenvalue weighted by atomic mass is 79.9. The van der Waals surface area contributed by atoms with Crippen molar-refractivity contribution in [2.75, 3.05) is 35.6 Å². The Bertz CT molecular complexity index is 1400. The van der Waals surface area contributed by atoms with Crippen LogP contribution in [0.2, 0.25) is 6.82 Å². The third-order valence-electron chi connectivity index (χ3n) is 6.15. The molecule has 41 heavy (non-hydrogen) atoms. The number of carbonyl (C=O) groups excluding carboxylic acids is 2. The van der Waals surface area contributed by atoms with Gasteiger partial charge in [0.2, 0.25) is 17.7 Å². The normalized spacial score (nSPS) is 13.2. The van der Waals surface area contributed by atoms with Gasteiger partial charge in [-0.25, -0.2) is 9.78 Å². The van der Waals surface area contributed by atoms with Crippen LogP contribution < -0.4 is 25.9 Å². The number of nitrogens with one attached hydrogen (secondary N) is 4. The van der Waals surface area contributed by atoms with E-state index in [4.69, 9.17) is 11.2 Å². The van der Waals surface area contributed by atoms with Gasteiger partial charge >= 0.3 is 13.1 Å². The fourth-order valence-corrected chi connectivity index (χ4v) is 4.62. The van der Waals surface area contributed by atoms with E-state index in [1.165, 1.54) is 6.20 Å². The standard InChI is InChI=1S/C28H31BBrN7O4/c1-3-13-41-26-23(30)18-31-27(35-26)33-21-15-20(16-22(17-21)34-28(39)37-11-7-8-12-37)32-25(38)24(36-29(2)40)14-19-9-5-4-6-10-19/h1,4-6,9-10,15-18,24,36,40H,7-8,11-14H2,2H3,(H,32,38)(H,34,39)(H,31,33,35)/t24-/m1/s1. The molecule has 2 heterocycles. The van der Waals surface area contributed by atoms with E-state index in [9.17, 15) is 14.6 Å². The van der Waals surface area contributed by atoms with Gasteiger partial charge in [0.25, 0.3) is 0 Å². The van der Waals surface area contributed by atoms with E-state index < -0.39 is 13.1 Å². The first-order chi connectivity index (χ1) is 19.8. The number of hydrogen-bond acceptors (Lipinski definition) is 8. The molecule has 1 atom stereocenters. The number of nitrogens with zero attached hydrogens (tertiary/aromatic N) is 3. The molecule has 13 heteroatoms. The van der Waals surface area contributed by atoms with Crippen LogP contribution in [-0.2, 0) is 11.2 Å². The average Bonchev–Trinajstić information content (AvgIpc) is 3.49. The smallest absolute Gasteiger partial charge is 0.374 e. The molecule has 1 saturated heterocycles. The van der Waals surface area contributed by atoms with Gasteiger partial charge in [0.15, 0.2) is 6.61 Å². The van der Waals surface area contributed by atoms with Crippen LogP contribution in [0.3, 0.4) is 0 Å². The second-order valence-corrected chi connectivity index (χ2v) is 10.3. The number of anilines is 4. The fraction of sp³-hybridized carbons (Fsp3) is 0.286. The molecule has 0 aliphatic carbocycles. The number of carbonyl (C=O) groups is 2. The van der Waals surface area contributed by atoms with Crippen molar-refractivity contribution in [1.82, 2.24) is 20.1 Å². The van der Waals surface area contributed by atoms with E-state index in [0.29, 0.717) is 41.0 Å². The second-order valence-electron chi connectivity index (χ2n) is 9.46. The number of rotatable bonds is 11. The molecule has 3 amide bonds. The Morgan fingerprint density at radius 1 is 1.15 bits per heavy atom. The van der Waals surface area contributed by atoms with Gasteiger partial charge in [-0.3, -0.25) is 4.79 Å². The molecule has 0 bridgehead atoms. The Hall–Kier alpha value is -4.12. The van der Waals surface area contributed by atoms with E-state index >= 15 is 0 Å². The molecule has 1 aliphatic rings. The highest BCUT2D eigenvalue weighted by Gasteiger charge is 2.23. The number of halogens is 1. The van der Waals surface area contributed by atoms with Crippen molar-refractivity contribution in [1.29, 1.82) is 0 Å². The lowest BCUT2D eigenvalue weighted by Crippen LogP contribution is -2.48. The summed E-state index contributed by atoms with van der Waals surface area (Å²) in [6.07, 6.45) is 9.10. The van der Waals surface area contributed by atoms with Crippen LogP contribution in [0.1, 0.15) is 18.4 Å². The summed E-state index contributed by atoms with van der Waals surface area (Å²) < 4.78 is 5.99. The Labute approximate surface area is 247 Å². The largest absolute Gasteiger partial charge is 0.464 e. The number of benzene rings is 2. The molecule has 2 aromatic carbocycles. The molecule has 1 aromatic heterocycles. The van der Waals surface area contributed by atoms with Gasteiger partial charge in [-0.15, -0.1) is 6.42 Å². The summed E-state index contributed by atoms with van der Waals surface area (Å²) in [6.45, 7) is 2.97. The van der Waals surface area contributed by atoms with Crippen molar-refractivity contribution in [3.05, 3.63) is 64.8 Å². The molecular weight excluding hydrogens is 589 g/mol.